The number of nitrogens with zero attached hydrogens (tertiary/aromatic N) is 2. The lowest BCUT2D eigenvalue weighted by Gasteiger charge is -2.10. The van der Waals surface area contributed by atoms with Crippen molar-refractivity contribution < 1.29 is 4.74 Å². The quantitative estimate of drug-likeness (QED) is 0.709. The van der Waals surface area contributed by atoms with Crippen molar-refractivity contribution in [3.8, 4) is 5.75 Å². The third kappa shape index (κ3) is 1.66. The topological polar surface area (TPSA) is 26.5 Å². The molecule has 3 nitrogen and oxygen atoms in total. The molecule has 0 radical (unpaired) electrons. The molecular formula is C15H16N2OS. The highest BCUT2D eigenvalue weighted by Crippen LogP contribution is 2.33. The van der Waals surface area contributed by atoms with Crippen molar-refractivity contribution in [2.75, 3.05) is 6.61 Å². The molecule has 2 aromatic heterocycles. The highest BCUT2D eigenvalue weighted by Gasteiger charge is 2.19. The first-order valence-corrected chi connectivity index (χ1v) is 7.74. The van der Waals surface area contributed by atoms with Gasteiger partial charge in [-0.15, -0.1) is 0 Å². The van der Waals surface area contributed by atoms with Crippen LogP contribution in [0.15, 0.2) is 18.2 Å². The first kappa shape index (κ1) is 11.3. The second kappa shape index (κ2) is 4.23. The Morgan fingerprint density at radius 1 is 1.32 bits per heavy atom. The molecule has 0 saturated heterocycles. The molecule has 2 heterocycles. The van der Waals surface area contributed by atoms with Crippen LogP contribution < -0.4 is 4.74 Å². The maximum atomic E-state index is 5.58. The molecule has 0 aliphatic heterocycles. The van der Waals surface area contributed by atoms with E-state index >= 15 is 0 Å². The number of fused-ring (bicyclic) bond motifs is 5. The molecule has 1 aliphatic rings. The zero-order chi connectivity index (χ0) is 12.8. The lowest BCUT2D eigenvalue weighted by atomic mass is 10.0. The molecule has 0 N–H and O–H groups in total. The molecule has 0 saturated carbocycles. The number of benzene rings is 1. The van der Waals surface area contributed by atoms with Crippen LogP contribution in [0.4, 0.5) is 0 Å². The maximum Gasteiger partial charge on any atom is 0.195 e. The van der Waals surface area contributed by atoms with E-state index in [2.05, 4.69) is 22.6 Å². The Hall–Kier alpha value is -1.55. The Kier molecular flexibility index (Phi) is 2.52. The Morgan fingerprint density at radius 2 is 2.21 bits per heavy atom. The summed E-state index contributed by atoms with van der Waals surface area (Å²) in [5.74, 6) is 0.952. The van der Waals surface area contributed by atoms with Crippen molar-refractivity contribution in [2.24, 2.45) is 0 Å². The molecule has 4 heteroatoms. The minimum absolute atomic E-state index is 0.712. The Balaban J connectivity index is 1.96. The van der Waals surface area contributed by atoms with Crippen molar-refractivity contribution in [3.63, 3.8) is 0 Å². The van der Waals surface area contributed by atoms with Gasteiger partial charge < -0.3 is 4.74 Å². The zero-order valence-corrected chi connectivity index (χ0v) is 11.8. The summed E-state index contributed by atoms with van der Waals surface area (Å²) < 4.78 is 9.19. The minimum Gasteiger partial charge on any atom is -0.494 e. The van der Waals surface area contributed by atoms with E-state index in [9.17, 15) is 0 Å². The zero-order valence-electron chi connectivity index (χ0n) is 11.0. The van der Waals surface area contributed by atoms with E-state index in [0.717, 1.165) is 23.6 Å². The predicted octanol–water partition coefficient (Wildman–Crippen LogP) is 3.83. The number of aromatic nitrogens is 2. The van der Waals surface area contributed by atoms with Crippen LogP contribution in [0.2, 0.25) is 0 Å². The molecule has 0 spiro atoms. The van der Waals surface area contributed by atoms with Gasteiger partial charge in [-0.05, 0) is 50.8 Å². The number of rotatable bonds is 2. The SMILES string of the molecule is CCOc1ccc2c(c1)sc1nc3c(n12)CCCC3. The van der Waals surface area contributed by atoms with E-state index in [1.807, 2.05) is 6.92 Å². The molecule has 1 aromatic carbocycles. The molecule has 4 rings (SSSR count). The second-order valence-electron chi connectivity index (χ2n) is 4.99. The third-order valence-electron chi connectivity index (χ3n) is 3.79. The number of thiazole rings is 1. The van der Waals surface area contributed by atoms with E-state index in [1.165, 1.54) is 34.4 Å². The highest BCUT2D eigenvalue weighted by atomic mass is 32.1. The van der Waals surface area contributed by atoms with Gasteiger partial charge in [-0.3, -0.25) is 4.40 Å². The smallest absolute Gasteiger partial charge is 0.195 e. The second-order valence-corrected chi connectivity index (χ2v) is 6.00. The normalized spacial score (nSPS) is 15.0. The Labute approximate surface area is 115 Å². The van der Waals surface area contributed by atoms with E-state index in [0.29, 0.717) is 6.61 Å². The van der Waals surface area contributed by atoms with Crippen molar-refractivity contribution in [3.05, 3.63) is 29.6 Å². The fraction of sp³-hybridized carbons (Fsp3) is 0.400. The third-order valence-corrected chi connectivity index (χ3v) is 4.79. The molecule has 0 bridgehead atoms. The average molecular weight is 272 g/mol. The van der Waals surface area contributed by atoms with Crippen LogP contribution in [0.3, 0.4) is 0 Å². The summed E-state index contributed by atoms with van der Waals surface area (Å²) in [6.45, 7) is 2.73. The summed E-state index contributed by atoms with van der Waals surface area (Å²) in [5, 5.41) is 0. The summed E-state index contributed by atoms with van der Waals surface area (Å²) in [6.07, 6.45) is 4.87. The van der Waals surface area contributed by atoms with Gasteiger partial charge in [-0.2, -0.15) is 0 Å². The fourth-order valence-corrected chi connectivity index (χ4v) is 4.04. The number of aryl methyl sites for hydroxylation is 2. The van der Waals surface area contributed by atoms with Crippen LogP contribution in [0.25, 0.3) is 15.2 Å². The molecule has 0 atom stereocenters. The average Bonchev–Trinajstić information content (AvgIpc) is 2.93. The summed E-state index contributed by atoms with van der Waals surface area (Å²) >= 11 is 1.77. The Morgan fingerprint density at radius 3 is 3.11 bits per heavy atom. The number of hydrogen-bond donors (Lipinski definition) is 0. The molecule has 3 aromatic rings. The predicted molar refractivity (Wildman–Crippen MR) is 78.4 cm³/mol. The summed E-state index contributed by atoms with van der Waals surface area (Å²) in [4.78, 5) is 5.94. The van der Waals surface area contributed by atoms with Crippen LogP contribution >= 0.6 is 11.3 Å². The molecule has 0 unspecified atom stereocenters. The number of hydrogen-bond acceptors (Lipinski definition) is 3. The van der Waals surface area contributed by atoms with E-state index in [4.69, 9.17) is 9.72 Å². The van der Waals surface area contributed by atoms with Gasteiger partial charge in [-0.25, -0.2) is 4.98 Å². The van der Waals surface area contributed by atoms with Crippen LogP contribution in [-0.4, -0.2) is 16.0 Å². The fourth-order valence-electron chi connectivity index (χ4n) is 2.95. The van der Waals surface area contributed by atoms with Gasteiger partial charge in [0.1, 0.15) is 5.75 Å². The van der Waals surface area contributed by atoms with E-state index < -0.39 is 0 Å². The van der Waals surface area contributed by atoms with Crippen molar-refractivity contribution in [1.82, 2.24) is 9.38 Å². The first-order valence-electron chi connectivity index (χ1n) is 6.92. The van der Waals surface area contributed by atoms with Gasteiger partial charge in [0.25, 0.3) is 0 Å². The standard InChI is InChI=1S/C15H16N2OS/c1-2-18-10-7-8-13-14(9-10)19-15-16-11-5-3-4-6-12(11)17(13)15/h7-9H,2-6H2,1H3. The molecule has 0 fully saturated rings. The molecule has 0 amide bonds. The van der Waals surface area contributed by atoms with Crippen molar-refractivity contribution >= 4 is 26.5 Å². The van der Waals surface area contributed by atoms with Gasteiger partial charge in [0.15, 0.2) is 4.96 Å². The molecule has 19 heavy (non-hydrogen) atoms. The Bertz CT molecular complexity index is 756. The first-order chi connectivity index (χ1) is 9.36. The monoisotopic (exact) mass is 272 g/mol. The molecule has 1 aliphatic carbocycles. The lowest BCUT2D eigenvalue weighted by molar-refractivity contribution is 0.341. The number of ether oxygens (including phenoxy) is 1. The van der Waals surface area contributed by atoms with Crippen molar-refractivity contribution in [1.29, 1.82) is 0 Å². The van der Waals surface area contributed by atoms with Gasteiger partial charge in [0.2, 0.25) is 0 Å². The van der Waals surface area contributed by atoms with Gasteiger partial charge in [0, 0.05) is 5.69 Å². The van der Waals surface area contributed by atoms with Crippen molar-refractivity contribution in [2.45, 2.75) is 32.6 Å². The van der Waals surface area contributed by atoms with Gasteiger partial charge >= 0.3 is 0 Å². The molecular weight excluding hydrogens is 256 g/mol. The summed E-state index contributed by atoms with van der Waals surface area (Å²) in [7, 11) is 0. The van der Waals surface area contributed by atoms with Crippen LogP contribution in [0.1, 0.15) is 31.2 Å². The highest BCUT2D eigenvalue weighted by molar-refractivity contribution is 7.23. The molecule has 98 valence electrons. The number of imidazole rings is 1. The minimum atomic E-state index is 0.712. The van der Waals surface area contributed by atoms with E-state index in [1.54, 1.807) is 11.3 Å². The van der Waals surface area contributed by atoms with Gasteiger partial charge in [0.05, 0.1) is 22.5 Å². The van der Waals surface area contributed by atoms with Crippen LogP contribution in [0, 0.1) is 0 Å². The van der Waals surface area contributed by atoms with Crippen LogP contribution in [-0.2, 0) is 12.8 Å². The lowest BCUT2D eigenvalue weighted by Crippen LogP contribution is -2.03. The summed E-state index contributed by atoms with van der Waals surface area (Å²) in [5.41, 5.74) is 4.02. The van der Waals surface area contributed by atoms with Crippen LogP contribution in [0.5, 0.6) is 5.75 Å². The largest absolute Gasteiger partial charge is 0.494 e. The maximum absolute atomic E-state index is 5.58. The summed E-state index contributed by atoms with van der Waals surface area (Å²) in [6, 6.07) is 6.36. The van der Waals surface area contributed by atoms with Gasteiger partial charge in [-0.1, -0.05) is 11.3 Å². The van der Waals surface area contributed by atoms with E-state index in [-0.39, 0.29) is 0 Å².